The summed E-state index contributed by atoms with van der Waals surface area (Å²) in [5, 5.41) is 2.99. The molecular weight excluding hydrogens is 196 g/mol. The van der Waals surface area contributed by atoms with Gasteiger partial charge in [0.2, 0.25) is 0 Å². The number of carbonyl (C=O) groups excluding carboxylic acids is 1. The van der Waals surface area contributed by atoms with E-state index in [0.29, 0.717) is 6.54 Å². The van der Waals surface area contributed by atoms with Crippen LogP contribution in [0.2, 0.25) is 0 Å². The topological polar surface area (TPSA) is 90.1 Å². The van der Waals surface area contributed by atoms with Crippen molar-refractivity contribution >= 4 is 11.9 Å². The minimum absolute atomic E-state index is 0.223. The number of nitrogens with two attached hydrogens (primary N) is 1. The van der Waals surface area contributed by atoms with Crippen molar-refractivity contribution in [3.63, 3.8) is 0 Å². The zero-order valence-corrected chi connectivity index (χ0v) is 8.56. The third-order valence-electron chi connectivity index (χ3n) is 1.74. The van der Waals surface area contributed by atoms with E-state index < -0.39 is 6.09 Å². The quantitative estimate of drug-likeness (QED) is 0.692. The number of aromatic nitrogens is 2. The minimum atomic E-state index is -0.770. The molecular formula is C9H14N4O2. The molecule has 1 aromatic heterocycles. The molecule has 0 unspecified atom stereocenters. The molecule has 15 heavy (non-hydrogen) atoms. The van der Waals surface area contributed by atoms with Gasteiger partial charge in [0.05, 0.1) is 6.54 Å². The van der Waals surface area contributed by atoms with E-state index in [1.54, 1.807) is 0 Å². The van der Waals surface area contributed by atoms with Crippen molar-refractivity contribution in [3.8, 4) is 0 Å². The van der Waals surface area contributed by atoms with E-state index in [4.69, 9.17) is 5.73 Å². The van der Waals surface area contributed by atoms with Crippen LogP contribution >= 0.6 is 0 Å². The molecule has 0 spiro atoms. The number of nitrogens with one attached hydrogen (secondary N) is 1. The second-order valence-corrected chi connectivity index (χ2v) is 2.84. The minimum Gasteiger partial charge on any atom is -0.448 e. The first-order valence-electron chi connectivity index (χ1n) is 4.69. The van der Waals surface area contributed by atoms with E-state index in [1.807, 2.05) is 13.0 Å². The normalized spacial score (nSPS) is 9.67. The van der Waals surface area contributed by atoms with Gasteiger partial charge >= 0.3 is 6.09 Å². The van der Waals surface area contributed by atoms with Crippen molar-refractivity contribution in [3.05, 3.63) is 18.1 Å². The predicted octanol–water partition coefficient (Wildman–Crippen LogP) is 0.546. The van der Waals surface area contributed by atoms with Gasteiger partial charge in [-0.05, 0) is 6.42 Å². The molecule has 0 atom stereocenters. The Hall–Kier alpha value is -1.85. The number of aryl methyl sites for hydroxylation is 1. The summed E-state index contributed by atoms with van der Waals surface area (Å²) in [6.45, 7) is 2.71. The van der Waals surface area contributed by atoms with Gasteiger partial charge in [-0.15, -0.1) is 0 Å². The van der Waals surface area contributed by atoms with Crippen LogP contribution in [-0.4, -0.2) is 29.2 Å². The molecule has 1 aromatic rings. The molecule has 6 heteroatoms. The van der Waals surface area contributed by atoms with Crippen molar-refractivity contribution in [1.29, 1.82) is 0 Å². The highest BCUT2D eigenvalue weighted by Crippen LogP contribution is 2.03. The predicted molar refractivity (Wildman–Crippen MR) is 55.4 cm³/mol. The first-order chi connectivity index (χ1) is 7.22. The lowest BCUT2D eigenvalue weighted by Crippen LogP contribution is -2.18. The van der Waals surface area contributed by atoms with Crippen LogP contribution in [0.15, 0.2) is 12.4 Å². The van der Waals surface area contributed by atoms with Gasteiger partial charge in [-0.2, -0.15) is 0 Å². The Labute approximate surface area is 87.9 Å². The van der Waals surface area contributed by atoms with Gasteiger partial charge in [-0.3, -0.25) is 0 Å². The average molecular weight is 210 g/mol. The van der Waals surface area contributed by atoms with Crippen molar-refractivity contribution in [1.82, 2.24) is 9.97 Å². The number of ether oxygens (including phenoxy) is 1. The summed E-state index contributed by atoms with van der Waals surface area (Å²) in [6, 6.07) is 1.85. The Kier molecular flexibility index (Phi) is 4.33. The van der Waals surface area contributed by atoms with Gasteiger partial charge in [-0.1, -0.05) is 6.92 Å². The number of rotatable bonds is 5. The molecule has 0 aliphatic heterocycles. The van der Waals surface area contributed by atoms with Gasteiger partial charge in [0, 0.05) is 11.8 Å². The van der Waals surface area contributed by atoms with E-state index in [9.17, 15) is 4.79 Å². The van der Waals surface area contributed by atoms with Crippen molar-refractivity contribution in [2.24, 2.45) is 5.73 Å². The SMILES string of the molecule is CCc1cc(NCCOC(N)=O)ncn1. The van der Waals surface area contributed by atoms with Gasteiger partial charge < -0.3 is 15.8 Å². The lowest BCUT2D eigenvalue weighted by molar-refractivity contribution is 0.161. The van der Waals surface area contributed by atoms with E-state index in [0.717, 1.165) is 17.9 Å². The van der Waals surface area contributed by atoms with Gasteiger partial charge in [0.25, 0.3) is 0 Å². The number of anilines is 1. The second-order valence-electron chi connectivity index (χ2n) is 2.84. The van der Waals surface area contributed by atoms with E-state index in [2.05, 4.69) is 20.0 Å². The Morgan fingerprint density at radius 3 is 3.07 bits per heavy atom. The molecule has 0 bridgehead atoms. The number of amides is 1. The van der Waals surface area contributed by atoms with Gasteiger partial charge in [0.1, 0.15) is 18.8 Å². The van der Waals surface area contributed by atoms with Crippen LogP contribution in [0.5, 0.6) is 0 Å². The number of hydrogen-bond acceptors (Lipinski definition) is 5. The fourth-order valence-electron chi connectivity index (χ4n) is 1.02. The van der Waals surface area contributed by atoms with Crippen LogP contribution in [-0.2, 0) is 11.2 Å². The van der Waals surface area contributed by atoms with E-state index in [-0.39, 0.29) is 6.61 Å². The maximum Gasteiger partial charge on any atom is 0.404 e. The molecule has 0 aromatic carbocycles. The maximum atomic E-state index is 10.3. The van der Waals surface area contributed by atoms with Crippen molar-refractivity contribution in [2.75, 3.05) is 18.5 Å². The lowest BCUT2D eigenvalue weighted by atomic mass is 10.3. The summed E-state index contributed by atoms with van der Waals surface area (Å²) in [5.41, 5.74) is 5.76. The monoisotopic (exact) mass is 210 g/mol. The summed E-state index contributed by atoms with van der Waals surface area (Å²) in [4.78, 5) is 18.3. The standard InChI is InChI=1S/C9H14N4O2/c1-2-7-5-8(13-6-12-7)11-3-4-15-9(10)14/h5-6H,2-4H2,1H3,(H2,10,14)(H,11,12,13). The highest BCUT2D eigenvalue weighted by atomic mass is 16.5. The van der Waals surface area contributed by atoms with E-state index >= 15 is 0 Å². The molecule has 0 aliphatic rings. The van der Waals surface area contributed by atoms with Crippen molar-refractivity contribution in [2.45, 2.75) is 13.3 Å². The van der Waals surface area contributed by atoms with Gasteiger partial charge in [-0.25, -0.2) is 14.8 Å². The third kappa shape index (κ3) is 4.26. The highest BCUT2D eigenvalue weighted by molar-refractivity contribution is 5.64. The zero-order chi connectivity index (χ0) is 11.1. The Morgan fingerprint density at radius 1 is 1.60 bits per heavy atom. The largest absolute Gasteiger partial charge is 0.448 e. The summed E-state index contributed by atoms with van der Waals surface area (Å²) in [7, 11) is 0. The number of nitrogens with zero attached hydrogens (tertiary/aromatic N) is 2. The smallest absolute Gasteiger partial charge is 0.404 e. The second kappa shape index (κ2) is 5.79. The summed E-state index contributed by atoms with van der Waals surface area (Å²) < 4.78 is 4.55. The molecule has 0 fully saturated rings. The number of primary amides is 1. The van der Waals surface area contributed by atoms with E-state index in [1.165, 1.54) is 6.33 Å². The average Bonchev–Trinajstić information content (AvgIpc) is 2.24. The molecule has 0 aliphatic carbocycles. The first-order valence-corrected chi connectivity index (χ1v) is 4.69. The zero-order valence-electron chi connectivity index (χ0n) is 8.56. The van der Waals surface area contributed by atoms with Crippen LogP contribution in [0.25, 0.3) is 0 Å². The molecule has 1 rings (SSSR count). The molecule has 1 heterocycles. The molecule has 0 radical (unpaired) electrons. The summed E-state index contributed by atoms with van der Waals surface area (Å²) >= 11 is 0. The fourth-order valence-corrected chi connectivity index (χ4v) is 1.02. The summed E-state index contributed by atoms with van der Waals surface area (Å²) in [6.07, 6.45) is 1.58. The van der Waals surface area contributed by atoms with Gasteiger partial charge in [0.15, 0.2) is 0 Å². The lowest BCUT2D eigenvalue weighted by Gasteiger charge is -2.05. The van der Waals surface area contributed by atoms with Crippen LogP contribution in [0.1, 0.15) is 12.6 Å². The Morgan fingerprint density at radius 2 is 2.40 bits per heavy atom. The summed E-state index contributed by atoms with van der Waals surface area (Å²) in [5.74, 6) is 0.718. The number of hydrogen-bond donors (Lipinski definition) is 2. The van der Waals surface area contributed by atoms with Crippen LogP contribution < -0.4 is 11.1 Å². The molecule has 82 valence electrons. The Balaban J connectivity index is 2.33. The molecule has 6 nitrogen and oxygen atoms in total. The highest BCUT2D eigenvalue weighted by Gasteiger charge is 1.97. The fraction of sp³-hybridized carbons (Fsp3) is 0.444. The van der Waals surface area contributed by atoms with Crippen LogP contribution in [0.4, 0.5) is 10.6 Å². The molecule has 0 saturated heterocycles. The maximum absolute atomic E-state index is 10.3. The van der Waals surface area contributed by atoms with Crippen LogP contribution in [0.3, 0.4) is 0 Å². The third-order valence-corrected chi connectivity index (χ3v) is 1.74. The number of carbonyl (C=O) groups is 1. The Bertz CT molecular complexity index is 330. The van der Waals surface area contributed by atoms with Crippen LogP contribution in [0, 0.1) is 0 Å². The molecule has 3 N–H and O–H groups in total. The molecule has 0 saturated carbocycles. The first kappa shape index (κ1) is 11.2. The molecule has 1 amide bonds. The van der Waals surface area contributed by atoms with Crippen molar-refractivity contribution < 1.29 is 9.53 Å².